The molecule has 1 aliphatic heterocycles. The van der Waals surface area contributed by atoms with Crippen LogP contribution in [0.15, 0.2) is 30.3 Å². The van der Waals surface area contributed by atoms with Crippen molar-refractivity contribution in [1.82, 2.24) is 10.3 Å². The fourth-order valence-electron chi connectivity index (χ4n) is 3.21. The van der Waals surface area contributed by atoms with E-state index in [4.69, 9.17) is 16.6 Å². The van der Waals surface area contributed by atoms with Crippen molar-refractivity contribution < 1.29 is 4.79 Å². The summed E-state index contributed by atoms with van der Waals surface area (Å²) in [7, 11) is 0. The normalized spacial score (nSPS) is 21.4. The minimum Gasteiger partial charge on any atom is -0.356 e. The van der Waals surface area contributed by atoms with Crippen molar-refractivity contribution in [2.45, 2.75) is 31.7 Å². The number of aromatic nitrogens is 1. The summed E-state index contributed by atoms with van der Waals surface area (Å²) in [5.74, 6) is 1.24. The van der Waals surface area contributed by atoms with Crippen molar-refractivity contribution >= 4 is 34.2 Å². The lowest BCUT2D eigenvalue weighted by atomic mass is 9.97. The Bertz CT molecular complexity index is 744. The topological polar surface area (TPSA) is 45.2 Å². The number of anilines is 1. The third-order valence-electron chi connectivity index (χ3n) is 4.68. The molecule has 4 nitrogen and oxygen atoms in total. The zero-order chi connectivity index (χ0) is 15.8. The van der Waals surface area contributed by atoms with Gasteiger partial charge in [-0.25, -0.2) is 4.98 Å². The average Bonchev–Trinajstić information content (AvgIpc) is 3.38. The highest BCUT2D eigenvalue weighted by Gasteiger charge is 2.30. The van der Waals surface area contributed by atoms with Gasteiger partial charge < -0.3 is 10.2 Å². The molecule has 1 atom stereocenters. The summed E-state index contributed by atoms with van der Waals surface area (Å²) in [5.41, 5.74) is 0.941. The Labute approximate surface area is 140 Å². The Kier molecular flexibility index (Phi) is 3.85. The first-order valence-electron chi connectivity index (χ1n) is 8.31. The van der Waals surface area contributed by atoms with Crippen molar-refractivity contribution in [2.24, 2.45) is 5.92 Å². The van der Waals surface area contributed by atoms with E-state index in [1.165, 1.54) is 0 Å². The summed E-state index contributed by atoms with van der Waals surface area (Å²) >= 11 is 6.03. The van der Waals surface area contributed by atoms with Gasteiger partial charge in [-0.2, -0.15) is 0 Å². The second-order valence-corrected chi connectivity index (χ2v) is 7.01. The number of benzene rings is 1. The standard InChI is InChI=1S/C18H20ClN3O/c19-14-4-7-16-12(10-14)3-8-17(21-16)22-9-1-2-13(11-22)18(23)20-15-5-6-15/h3-4,7-8,10,13,15H,1-2,5-6,9,11H2,(H,20,23). The molecule has 1 amide bonds. The summed E-state index contributed by atoms with van der Waals surface area (Å²) in [6, 6.07) is 10.2. The molecule has 0 spiro atoms. The summed E-state index contributed by atoms with van der Waals surface area (Å²) in [4.78, 5) is 19.3. The minimum atomic E-state index is 0.0760. The number of amides is 1. The Morgan fingerprint density at radius 1 is 1.22 bits per heavy atom. The lowest BCUT2D eigenvalue weighted by Gasteiger charge is -2.33. The Morgan fingerprint density at radius 2 is 2.09 bits per heavy atom. The molecule has 1 aromatic carbocycles. The fraction of sp³-hybridized carbons (Fsp3) is 0.444. The van der Waals surface area contributed by atoms with Gasteiger partial charge in [0.15, 0.2) is 0 Å². The van der Waals surface area contributed by atoms with E-state index in [0.717, 1.165) is 60.5 Å². The molecule has 1 unspecified atom stereocenters. The molecule has 0 bridgehead atoms. The zero-order valence-corrected chi connectivity index (χ0v) is 13.7. The average molecular weight is 330 g/mol. The van der Waals surface area contributed by atoms with Gasteiger partial charge in [-0.3, -0.25) is 4.79 Å². The van der Waals surface area contributed by atoms with Gasteiger partial charge in [-0.15, -0.1) is 0 Å². The number of carbonyl (C=O) groups excluding carboxylic acids is 1. The molecule has 5 heteroatoms. The number of carbonyl (C=O) groups is 1. The number of nitrogens with one attached hydrogen (secondary N) is 1. The van der Waals surface area contributed by atoms with Gasteiger partial charge in [0, 0.05) is 29.5 Å². The van der Waals surface area contributed by atoms with Crippen LogP contribution < -0.4 is 10.2 Å². The summed E-state index contributed by atoms with van der Waals surface area (Å²) in [5, 5.41) is 4.90. The molecule has 1 N–H and O–H groups in total. The number of hydrogen-bond acceptors (Lipinski definition) is 3. The van der Waals surface area contributed by atoms with Crippen LogP contribution in [0.25, 0.3) is 10.9 Å². The van der Waals surface area contributed by atoms with Gasteiger partial charge in [-0.1, -0.05) is 11.6 Å². The molecule has 2 fully saturated rings. The van der Waals surface area contributed by atoms with E-state index < -0.39 is 0 Å². The number of pyridine rings is 1. The number of hydrogen-bond donors (Lipinski definition) is 1. The van der Waals surface area contributed by atoms with Crippen LogP contribution in [0.5, 0.6) is 0 Å². The number of piperidine rings is 1. The molecule has 2 heterocycles. The first-order chi connectivity index (χ1) is 11.2. The van der Waals surface area contributed by atoms with Crippen LogP contribution in [0.4, 0.5) is 5.82 Å². The zero-order valence-electron chi connectivity index (χ0n) is 13.0. The largest absolute Gasteiger partial charge is 0.356 e. The Hall–Kier alpha value is -1.81. The Balaban J connectivity index is 1.52. The molecular weight excluding hydrogens is 310 g/mol. The van der Waals surface area contributed by atoms with Crippen molar-refractivity contribution in [3.8, 4) is 0 Å². The quantitative estimate of drug-likeness (QED) is 0.939. The molecule has 1 aliphatic carbocycles. The molecule has 1 saturated carbocycles. The molecule has 0 radical (unpaired) electrons. The number of halogens is 1. The van der Waals surface area contributed by atoms with E-state index in [0.29, 0.717) is 6.04 Å². The molecule has 1 aromatic heterocycles. The summed E-state index contributed by atoms with van der Waals surface area (Å²) in [6.45, 7) is 1.71. The smallest absolute Gasteiger partial charge is 0.225 e. The van der Waals surface area contributed by atoms with Gasteiger partial charge in [0.25, 0.3) is 0 Å². The highest BCUT2D eigenvalue weighted by Crippen LogP contribution is 2.26. The van der Waals surface area contributed by atoms with Gasteiger partial charge in [0.1, 0.15) is 5.82 Å². The van der Waals surface area contributed by atoms with Gasteiger partial charge in [0.2, 0.25) is 5.91 Å². The van der Waals surface area contributed by atoms with Crippen LogP contribution in [0.3, 0.4) is 0 Å². The minimum absolute atomic E-state index is 0.0760. The predicted octanol–water partition coefficient (Wildman–Crippen LogP) is 3.38. The van der Waals surface area contributed by atoms with Gasteiger partial charge in [-0.05, 0) is 56.0 Å². The lowest BCUT2D eigenvalue weighted by Crippen LogP contribution is -2.43. The van der Waals surface area contributed by atoms with Crippen LogP contribution in [-0.4, -0.2) is 30.0 Å². The molecule has 23 heavy (non-hydrogen) atoms. The van der Waals surface area contributed by atoms with Gasteiger partial charge in [0.05, 0.1) is 11.4 Å². The maximum Gasteiger partial charge on any atom is 0.225 e. The van der Waals surface area contributed by atoms with E-state index in [9.17, 15) is 4.79 Å². The summed E-state index contributed by atoms with van der Waals surface area (Å²) in [6.07, 6.45) is 4.27. The highest BCUT2D eigenvalue weighted by atomic mass is 35.5. The van der Waals surface area contributed by atoms with Gasteiger partial charge >= 0.3 is 0 Å². The van der Waals surface area contributed by atoms with Crippen LogP contribution in [-0.2, 0) is 4.79 Å². The molecular formula is C18H20ClN3O. The third-order valence-corrected chi connectivity index (χ3v) is 4.91. The van der Waals surface area contributed by atoms with Crippen molar-refractivity contribution in [1.29, 1.82) is 0 Å². The first-order valence-corrected chi connectivity index (χ1v) is 8.68. The molecule has 2 aliphatic rings. The summed E-state index contributed by atoms with van der Waals surface area (Å²) < 4.78 is 0. The maximum atomic E-state index is 12.3. The van der Waals surface area contributed by atoms with Crippen LogP contribution >= 0.6 is 11.6 Å². The third kappa shape index (κ3) is 3.27. The highest BCUT2D eigenvalue weighted by molar-refractivity contribution is 6.31. The number of nitrogens with zero attached hydrogens (tertiary/aromatic N) is 2. The second-order valence-electron chi connectivity index (χ2n) is 6.57. The first kappa shape index (κ1) is 14.8. The van der Waals surface area contributed by atoms with Crippen molar-refractivity contribution in [2.75, 3.05) is 18.0 Å². The van der Waals surface area contributed by atoms with Crippen LogP contribution in [0.2, 0.25) is 5.02 Å². The van der Waals surface area contributed by atoms with Crippen molar-refractivity contribution in [3.63, 3.8) is 0 Å². The maximum absolute atomic E-state index is 12.3. The molecule has 4 rings (SSSR count). The van der Waals surface area contributed by atoms with Crippen LogP contribution in [0.1, 0.15) is 25.7 Å². The molecule has 120 valence electrons. The SMILES string of the molecule is O=C(NC1CC1)C1CCCN(c2ccc3cc(Cl)ccc3n2)C1. The second kappa shape index (κ2) is 6.00. The Morgan fingerprint density at radius 3 is 2.91 bits per heavy atom. The predicted molar refractivity (Wildman–Crippen MR) is 92.9 cm³/mol. The van der Waals surface area contributed by atoms with E-state index in [2.05, 4.69) is 16.3 Å². The monoisotopic (exact) mass is 329 g/mol. The van der Waals surface area contributed by atoms with Crippen molar-refractivity contribution in [3.05, 3.63) is 35.4 Å². The molecule has 2 aromatic rings. The van der Waals surface area contributed by atoms with E-state index in [-0.39, 0.29) is 11.8 Å². The van der Waals surface area contributed by atoms with E-state index in [1.807, 2.05) is 24.3 Å². The van der Waals surface area contributed by atoms with E-state index in [1.54, 1.807) is 0 Å². The van der Waals surface area contributed by atoms with Crippen LogP contribution in [0, 0.1) is 5.92 Å². The fourth-order valence-corrected chi connectivity index (χ4v) is 3.39. The lowest BCUT2D eigenvalue weighted by molar-refractivity contribution is -0.125. The molecule has 1 saturated heterocycles. The number of rotatable bonds is 3. The number of fused-ring (bicyclic) bond motifs is 1. The van der Waals surface area contributed by atoms with E-state index >= 15 is 0 Å².